The maximum absolute atomic E-state index is 11.8. The minimum Gasteiger partial charge on any atom is -0.478 e. The Balaban J connectivity index is 2.94. The number of methoxy groups -OCH3 is 3. The number of carbonyl (C=O) groups is 1. The van der Waals surface area contributed by atoms with Gasteiger partial charge in [0, 0.05) is 19.8 Å². The summed E-state index contributed by atoms with van der Waals surface area (Å²) in [7, 11) is 4.48. The lowest BCUT2D eigenvalue weighted by Gasteiger charge is -2.21. The van der Waals surface area contributed by atoms with Crippen LogP contribution < -0.4 is 4.74 Å². The summed E-state index contributed by atoms with van der Waals surface area (Å²) in [5.74, 6) is 0.197. The van der Waals surface area contributed by atoms with Gasteiger partial charge < -0.3 is 18.9 Å². The van der Waals surface area contributed by atoms with Crippen molar-refractivity contribution >= 4 is 5.97 Å². The number of ether oxygens (including phenoxy) is 4. The van der Waals surface area contributed by atoms with Gasteiger partial charge in [0.2, 0.25) is 0 Å². The molecule has 118 valence electrons. The minimum absolute atomic E-state index is 0.371. The Labute approximate surface area is 126 Å². The second-order valence-corrected chi connectivity index (χ2v) is 4.61. The van der Waals surface area contributed by atoms with E-state index in [1.807, 2.05) is 18.2 Å². The first-order chi connectivity index (χ1) is 10.2. The zero-order chi connectivity index (χ0) is 15.7. The highest BCUT2D eigenvalue weighted by Crippen LogP contribution is 2.29. The van der Waals surface area contributed by atoms with Gasteiger partial charge in [-0.3, -0.25) is 0 Å². The Morgan fingerprint density at radius 1 is 1.14 bits per heavy atom. The fraction of sp³-hybridized carbons (Fsp3) is 0.562. The van der Waals surface area contributed by atoms with Crippen LogP contribution in [0.15, 0.2) is 24.3 Å². The predicted molar refractivity (Wildman–Crippen MR) is 79.2 cm³/mol. The molecule has 5 nitrogen and oxygen atoms in total. The molecule has 0 aliphatic heterocycles. The molecule has 0 radical (unpaired) electrons. The monoisotopic (exact) mass is 296 g/mol. The summed E-state index contributed by atoms with van der Waals surface area (Å²) in [6.07, 6.45) is 1.33. The molecule has 0 N–H and O–H groups in total. The molecular weight excluding hydrogens is 272 g/mol. The molecule has 0 aliphatic carbocycles. The first-order valence-corrected chi connectivity index (χ1v) is 7.06. The fourth-order valence-corrected chi connectivity index (χ4v) is 2.03. The number of para-hydroxylation sites is 1. The lowest BCUT2D eigenvalue weighted by Crippen LogP contribution is -2.29. The minimum atomic E-state index is -0.620. The van der Waals surface area contributed by atoms with Gasteiger partial charge in [-0.2, -0.15) is 0 Å². The summed E-state index contributed by atoms with van der Waals surface area (Å²) in [6.45, 7) is 2.06. The average Bonchev–Trinajstić information content (AvgIpc) is 2.53. The maximum Gasteiger partial charge on any atom is 0.347 e. The normalized spacial score (nSPS) is 12.2. The number of benzene rings is 1. The molecule has 0 saturated heterocycles. The molecule has 0 heterocycles. The highest BCUT2D eigenvalue weighted by Gasteiger charge is 2.23. The van der Waals surface area contributed by atoms with Crippen molar-refractivity contribution < 1.29 is 23.7 Å². The van der Waals surface area contributed by atoms with Crippen LogP contribution in [0.4, 0.5) is 0 Å². The van der Waals surface area contributed by atoms with E-state index in [1.54, 1.807) is 20.3 Å². The smallest absolute Gasteiger partial charge is 0.347 e. The molecule has 1 aromatic rings. The van der Waals surface area contributed by atoms with Gasteiger partial charge >= 0.3 is 5.97 Å². The van der Waals surface area contributed by atoms with Crippen LogP contribution >= 0.6 is 0 Å². The van der Waals surface area contributed by atoms with Gasteiger partial charge in [0.05, 0.1) is 7.11 Å². The van der Waals surface area contributed by atoms with Gasteiger partial charge in [0.15, 0.2) is 12.4 Å². The van der Waals surface area contributed by atoms with Gasteiger partial charge in [-0.15, -0.1) is 0 Å². The van der Waals surface area contributed by atoms with Crippen molar-refractivity contribution in [2.24, 2.45) is 0 Å². The van der Waals surface area contributed by atoms with Crippen LogP contribution in [0, 0.1) is 0 Å². The second kappa shape index (κ2) is 9.37. The van der Waals surface area contributed by atoms with E-state index < -0.39 is 12.4 Å². The SMILES string of the molecule is CCCCC(Oc1ccccc1C(OC)OC)C(=O)OC. The molecule has 0 fully saturated rings. The lowest BCUT2D eigenvalue weighted by molar-refractivity contribution is -0.149. The largest absolute Gasteiger partial charge is 0.478 e. The molecule has 1 aromatic carbocycles. The molecule has 0 aromatic heterocycles. The summed E-state index contributed by atoms with van der Waals surface area (Å²) >= 11 is 0. The highest BCUT2D eigenvalue weighted by atomic mass is 16.7. The van der Waals surface area contributed by atoms with Crippen LogP contribution in [0.1, 0.15) is 38.0 Å². The van der Waals surface area contributed by atoms with E-state index in [0.29, 0.717) is 12.2 Å². The van der Waals surface area contributed by atoms with Crippen molar-refractivity contribution in [3.63, 3.8) is 0 Å². The third-order valence-electron chi connectivity index (χ3n) is 3.15. The van der Waals surface area contributed by atoms with Crippen molar-refractivity contribution in [1.82, 2.24) is 0 Å². The Hall–Kier alpha value is -1.59. The van der Waals surface area contributed by atoms with Crippen LogP contribution in [0.2, 0.25) is 0 Å². The standard InChI is InChI=1S/C16H24O5/c1-5-6-10-14(15(17)18-2)21-13-11-8-7-9-12(13)16(19-3)20-4/h7-9,11,14,16H,5-6,10H2,1-4H3. The van der Waals surface area contributed by atoms with E-state index in [9.17, 15) is 4.79 Å². The summed E-state index contributed by atoms with van der Waals surface area (Å²) in [6, 6.07) is 7.35. The maximum atomic E-state index is 11.8. The fourth-order valence-electron chi connectivity index (χ4n) is 2.03. The second-order valence-electron chi connectivity index (χ2n) is 4.61. The van der Waals surface area contributed by atoms with Gasteiger partial charge in [0.1, 0.15) is 5.75 Å². The number of hydrogen-bond acceptors (Lipinski definition) is 5. The van der Waals surface area contributed by atoms with Gasteiger partial charge in [0.25, 0.3) is 0 Å². The Morgan fingerprint density at radius 2 is 1.81 bits per heavy atom. The zero-order valence-corrected chi connectivity index (χ0v) is 13.1. The Morgan fingerprint density at radius 3 is 2.38 bits per heavy atom. The van der Waals surface area contributed by atoms with Crippen LogP contribution in [-0.4, -0.2) is 33.4 Å². The van der Waals surface area contributed by atoms with E-state index in [-0.39, 0.29) is 5.97 Å². The molecule has 0 aliphatic rings. The molecule has 1 rings (SSSR count). The number of unbranched alkanes of at least 4 members (excludes halogenated alkanes) is 1. The van der Waals surface area contributed by atoms with E-state index in [2.05, 4.69) is 6.92 Å². The van der Waals surface area contributed by atoms with Crippen molar-refractivity contribution in [2.45, 2.75) is 38.6 Å². The van der Waals surface area contributed by atoms with Crippen molar-refractivity contribution in [3.8, 4) is 5.75 Å². The van der Waals surface area contributed by atoms with Crippen LogP contribution in [0.5, 0.6) is 5.75 Å². The highest BCUT2D eigenvalue weighted by molar-refractivity contribution is 5.75. The molecule has 0 saturated carbocycles. The first-order valence-electron chi connectivity index (χ1n) is 7.06. The molecular formula is C16H24O5. The van der Waals surface area contributed by atoms with Crippen LogP contribution in [0.3, 0.4) is 0 Å². The summed E-state index contributed by atoms with van der Waals surface area (Å²) in [5.41, 5.74) is 0.743. The topological polar surface area (TPSA) is 54.0 Å². The van der Waals surface area contributed by atoms with Gasteiger partial charge in [-0.25, -0.2) is 4.79 Å². The summed E-state index contributed by atoms with van der Waals surface area (Å²) in [5, 5.41) is 0. The van der Waals surface area contributed by atoms with Gasteiger partial charge in [-0.05, 0) is 18.9 Å². The van der Waals surface area contributed by atoms with Crippen molar-refractivity contribution in [2.75, 3.05) is 21.3 Å². The van der Waals surface area contributed by atoms with E-state index in [0.717, 1.165) is 18.4 Å². The number of rotatable bonds is 9. The van der Waals surface area contributed by atoms with E-state index in [4.69, 9.17) is 18.9 Å². The predicted octanol–water partition coefficient (Wildman–Crippen LogP) is 3.09. The van der Waals surface area contributed by atoms with Crippen LogP contribution in [-0.2, 0) is 19.0 Å². The average molecular weight is 296 g/mol. The van der Waals surface area contributed by atoms with E-state index >= 15 is 0 Å². The first kappa shape index (κ1) is 17.5. The number of esters is 1. The number of carbonyl (C=O) groups excluding carboxylic acids is 1. The van der Waals surface area contributed by atoms with E-state index in [1.165, 1.54) is 7.11 Å². The number of hydrogen-bond donors (Lipinski definition) is 0. The quantitative estimate of drug-likeness (QED) is 0.518. The molecule has 1 atom stereocenters. The van der Waals surface area contributed by atoms with Crippen LogP contribution in [0.25, 0.3) is 0 Å². The third kappa shape index (κ3) is 5.02. The zero-order valence-electron chi connectivity index (χ0n) is 13.1. The van der Waals surface area contributed by atoms with Crippen molar-refractivity contribution in [1.29, 1.82) is 0 Å². The lowest BCUT2D eigenvalue weighted by atomic mass is 10.1. The molecule has 0 bridgehead atoms. The summed E-state index contributed by atoms with van der Waals surface area (Å²) < 4.78 is 21.2. The molecule has 0 spiro atoms. The molecule has 0 amide bonds. The summed E-state index contributed by atoms with van der Waals surface area (Å²) in [4.78, 5) is 11.8. The molecule has 1 unspecified atom stereocenters. The van der Waals surface area contributed by atoms with Crippen molar-refractivity contribution in [3.05, 3.63) is 29.8 Å². The Bertz CT molecular complexity index is 428. The Kier molecular flexibility index (Phi) is 7.79. The third-order valence-corrected chi connectivity index (χ3v) is 3.15. The van der Waals surface area contributed by atoms with Gasteiger partial charge in [-0.1, -0.05) is 31.5 Å². The molecule has 21 heavy (non-hydrogen) atoms. The molecule has 5 heteroatoms.